The van der Waals surface area contributed by atoms with Crippen molar-refractivity contribution in [3.8, 4) is 0 Å². The van der Waals surface area contributed by atoms with E-state index >= 15 is 0 Å². The van der Waals surface area contributed by atoms with E-state index in [4.69, 9.17) is 0 Å². The van der Waals surface area contributed by atoms with Crippen LogP contribution in [0.3, 0.4) is 0 Å². The largest absolute Gasteiger partial charge is 0.350 e. The number of benzene rings is 2. The molecule has 25 heavy (non-hydrogen) atoms. The number of hydrogen-bond acceptors (Lipinski definition) is 2. The van der Waals surface area contributed by atoms with E-state index in [2.05, 4.69) is 11.4 Å². The normalized spacial score (nSPS) is 11.6. The van der Waals surface area contributed by atoms with Crippen LogP contribution in [0.25, 0.3) is 0 Å². The molecule has 0 bridgehead atoms. The van der Waals surface area contributed by atoms with Gasteiger partial charge in [0.05, 0.1) is 6.04 Å². The van der Waals surface area contributed by atoms with E-state index in [9.17, 15) is 9.59 Å². The van der Waals surface area contributed by atoms with E-state index in [1.54, 1.807) is 11.8 Å². The Labute approximate surface area is 149 Å². The Kier molecular flexibility index (Phi) is 6.75. The Morgan fingerprint density at radius 1 is 1.08 bits per heavy atom. The molecule has 4 heteroatoms. The molecule has 4 nitrogen and oxygen atoms in total. The second-order valence-electron chi connectivity index (χ2n) is 6.38. The van der Waals surface area contributed by atoms with Crippen LogP contribution in [0, 0.1) is 6.92 Å². The molecule has 132 valence electrons. The molecule has 1 atom stereocenters. The number of aryl methyl sites for hydroxylation is 1. The summed E-state index contributed by atoms with van der Waals surface area (Å²) in [6.07, 6.45) is 0.294. The van der Waals surface area contributed by atoms with Gasteiger partial charge in [-0.3, -0.25) is 9.59 Å². The lowest BCUT2D eigenvalue weighted by Crippen LogP contribution is -2.34. The lowest BCUT2D eigenvalue weighted by Gasteiger charge is -2.22. The number of carbonyl (C=O) groups is 2. The highest BCUT2D eigenvalue weighted by atomic mass is 16.2. The van der Waals surface area contributed by atoms with Crippen molar-refractivity contribution in [2.24, 2.45) is 0 Å². The van der Waals surface area contributed by atoms with Crippen molar-refractivity contribution in [2.75, 3.05) is 6.54 Å². The molecule has 0 aliphatic carbocycles. The zero-order valence-corrected chi connectivity index (χ0v) is 15.2. The molecule has 0 aliphatic heterocycles. The molecule has 1 N–H and O–H groups in total. The Morgan fingerprint density at radius 2 is 1.80 bits per heavy atom. The first-order valence-electron chi connectivity index (χ1n) is 8.61. The van der Waals surface area contributed by atoms with E-state index in [0.717, 1.165) is 16.7 Å². The molecule has 0 saturated carbocycles. The molecule has 2 aromatic carbocycles. The first kappa shape index (κ1) is 18.7. The van der Waals surface area contributed by atoms with Crippen LogP contribution in [0.2, 0.25) is 0 Å². The number of hydrogen-bond donors (Lipinski definition) is 1. The Hall–Kier alpha value is -2.62. The second kappa shape index (κ2) is 9.02. The quantitative estimate of drug-likeness (QED) is 0.838. The molecule has 0 aromatic heterocycles. The zero-order chi connectivity index (χ0) is 18.2. The molecule has 0 aliphatic rings. The monoisotopic (exact) mass is 338 g/mol. The van der Waals surface area contributed by atoms with E-state index in [1.807, 2.05) is 62.4 Å². The molecular weight excluding hydrogens is 312 g/mol. The van der Waals surface area contributed by atoms with Gasteiger partial charge in [0, 0.05) is 26.4 Å². The van der Waals surface area contributed by atoms with Crippen LogP contribution in [-0.2, 0) is 16.1 Å². The predicted octanol–water partition coefficient (Wildman–Crippen LogP) is 3.61. The van der Waals surface area contributed by atoms with E-state index in [1.165, 1.54) is 0 Å². The lowest BCUT2D eigenvalue weighted by atomic mass is 10.1. The van der Waals surface area contributed by atoms with Gasteiger partial charge in [0.15, 0.2) is 0 Å². The third kappa shape index (κ3) is 6.07. The molecule has 0 radical (unpaired) electrons. The Bertz CT molecular complexity index is 713. The topological polar surface area (TPSA) is 49.4 Å². The van der Waals surface area contributed by atoms with Crippen molar-refractivity contribution in [3.63, 3.8) is 0 Å². The van der Waals surface area contributed by atoms with Crippen LogP contribution in [-0.4, -0.2) is 23.3 Å². The van der Waals surface area contributed by atoms with Crippen LogP contribution >= 0.6 is 0 Å². The molecule has 1 unspecified atom stereocenters. The van der Waals surface area contributed by atoms with Gasteiger partial charge < -0.3 is 10.2 Å². The molecular formula is C21H26N2O2. The van der Waals surface area contributed by atoms with Crippen LogP contribution in [0.5, 0.6) is 0 Å². The summed E-state index contributed by atoms with van der Waals surface area (Å²) in [7, 11) is 0. The van der Waals surface area contributed by atoms with Gasteiger partial charge in [-0.2, -0.15) is 0 Å². The molecule has 0 heterocycles. The highest BCUT2D eigenvalue weighted by Gasteiger charge is 2.14. The van der Waals surface area contributed by atoms with Crippen molar-refractivity contribution in [2.45, 2.75) is 39.8 Å². The van der Waals surface area contributed by atoms with E-state index in [-0.39, 0.29) is 17.9 Å². The van der Waals surface area contributed by atoms with Gasteiger partial charge in [0.25, 0.3) is 0 Å². The zero-order valence-electron chi connectivity index (χ0n) is 15.2. The van der Waals surface area contributed by atoms with Crippen molar-refractivity contribution in [1.29, 1.82) is 0 Å². The Balaban J connectivity index is 1.88. The smallest absolute Gasteiger partial charge is 0.222 e. The summed E-state index contributed by atoms with van der Waals surface area (Å²) in [5.41, 5.74) is 3.31. The van der Waals surface area contributed by atoms with Gasteiger partial charge in [0.1, 0.15) is 0 Å². The molecule has 2 aromatic rings. The highest BCUT2D eigenvalue weighted by molar-refractivity contribution is 5.78. The molecule has 2 amide bonds. The summed E-state index contributed by atoms with van der Waals surface area (Å²) >= 11 is 0. The minimum absolute atomic E-state index is 0.0228. The van der Waals surface area contributed by atoms with Crippen molar-refractivity contribution < 1.29 is 9.59 Å². The number of nitrogens with one attached hydrogen (secondary N) is 1. The fourth-order valence-corrected chi connectivity index (χ4v) is 2.75. The maximum absolute atomic E-state index is 12.2. The maximum Gasteiger partial charge on any atom is 0.222 e. The fourth-order valence-electron chi connectivity index (χ4n) is 2.75. The number of carbonyl (C=O) groups excluding carboxylic acids is 2. The average molecular weight is 338 g/mol. The third-order valence-electron chi connectivity index (χ3n) is 4.19. The first-order chi connectivity index (χ1) is 12.0. The van der Waals surface area contributed by atoms with Crippen molar-refractivity contribution >= 4 is 11.8 Å². The molecule has 0 saturated heterocycles. The lowest BCUT2D eigenvalue weighted by molar-refractivity contribution is -0.130. The molecule has 2 rings (SSSR count). The third-order valence-corrected chi connectivity index (χ3v) is 4.19. The number of rotatable bonds is 7. The van der Waals surface area contributed by atoms with Crippen LogP contribution in [0.1, 0.15) is 43.0 Å². The van der Waals surface area contributed by atoms with Crippen molar-refractivity contribution in [3.05, 3.63) is 71.3 Å². The molecule has 0 fully saturated rings. The summed E-state index contributed by atoms with van der Waals surface area (Å²) in [6.45, 7) is 6.47. The van der Waals surface area contributed by atoms with Crippen molar-refractivity contribution in [1.82, 2.24) is 10.2 Å². The predicted molar refractivity (Wildman–Crippen MR) is 99.9 cm³/mol. The van der Waals surface area contributed by atoms with Gasteiger partial charge in [-0.05, 0) is 25.0 Å². The van der Waals surface area contributed by atoms with Gasteiger partial charge >= 0.3 is 0 Å². The van der Waals surface area contributed by atoms with Gasteiger partial charge in [-0.1, -0.05) is 60.2 Å². The maximum atomic E-state index is 12.2. The SMILES string of the molecule is CC(=O)N(CCC(=O)NC(C)c1ccccc1)Cc1cccc(C)c1. The number of nitrogens with zero attached hydrogens (tertiary/aromatic N) is 1. The van der Waals surface area contributed by atoms with Gasteiger partial charge in [-0.25, -0.2) is 0 Å². The van der Waals surface area contributed by atoms with Crippen LogP contribution in [0.15, 0.2) is 54.6 Å². The minimum Gasteiger partial charge on any atom is -0.350 e. The second-order valence-corrected chi connectivity index (χ2v) is 6.38. The summed E-state index contributed by atoms with van der Waals surface area (Å²) < 4.78 is 0. The standard InChI is InChI=1S/C21H26N2O2/c1-16-8-7-9-19(14-16)15-23(18(3)24)13-12-21(25)22-17(2)20-10-5-4-6-11-20/h4-11,14,17H,12-13,15H2,1-3H3,(H,22,25). The first-order valence-corrected chi connectivity index (χ1v) is 8.61. The summed E-state index contributed by atoms with van der Waals surface area (Å²) in [5.74, 6) is -0.0720. The summed E-state index contributed by atoms with van der Waals surface area (Å²) in [6, 6.07) is 17.9. The van der Waals surface area contributed by atoms with Crippen LogP contribution < -0.4 is 5.32 Å². The fraction of sp³-hybridized carbons (Fsp3) is 0.333. The summed E-state index contributed by atoms with van der Waals surface area (Å²) in [4.78, 5) is 25.8. The van der Waals surface area contributed by atoms with Gasteiger partial charge in [-0.15, -0.1) is 0 Å². The van der Waals surface area contributed by atoms with Gasteiger partial charge in [0.2, 0.25) is 11.8 Å². The molecule has 0 spiro atoms. The van der Waals surface area contributed by atoms with Crippen LogP contribution in [0.4, 0.5) is 0 Å². The van der Waals surface area contributed by atoms with E-state index < -0.39 is 0 Å². The average Bonchev–Trinajstić information content (AvgIpc) is 2.59. The highest BCUT2D eigenvalue weighted by Crippen LogP contribution is 2.12. The number of amides is 2. The summed E-state index contributed by atoms with van der Waals surface area (Å²) in [5, 5.41) is 2.99. The Morgan fingerprint density at radius 3 is 2.44 bits per heavy atom. The van der Waals surface area contributed by atoms with E-state index in [0.29, 0.717) is 19.5 Å². The minimum atomic E-state index is -0.0492.